The molecule has 3 nitrogen and oxygen atoms in total. The first kappa shape index (κ1) is 9.74. The van der Waals surface area contributed by atoms with Crippen LogP contribution < -0.4 is 0 Å². The van der Waals surface area contributed by atoms with E-state index in [0.717, 1.165) is 5.56 Å². The molecule has 1 aromatic rings. The summed E-state index contributed by atoms with van der Waals surface area (Å²) < 4.78 is 0. The number of hydrogen-bond acceptors (Lipinski definition) is 2. The molecule has 0 aliphatic rings. The molecule has 0 heterocycles. The van der Waals surface area contributed by atoms with Crippen molar-refractivity contribution in [3.05, 3.63) is 35.4 Å². The van der Waals surface area contributed by atoms with Crippen LogP contribution in [-0.4, -0.2) is 16.2 Å². The van der Waals surface area contributed by atoms with Gasteiger partial charge < -0.3 is 10.2 Å². The van der Waals surface area contributed by atoms with Crippen LogP contribution in [0.2, 0.25) is 0 Å². The lowest BCUT2D eigenvalue weighted by atomic mass is 10.0. The van der Waals surface area contributed by atoms with Crippen LogP contribution in [0.1, 0.15) is 23.7 Å². The normalized spacial score (nSPS) is 12.5. The van der Waals surface area contributed by atoms with Crippen LogP contribution in [0.25, 0.3) is 0 Å². The second-order valence-electron chi connectivity index (χ2n) is 2.97. The smallest absolute Gasteiger partial charge is 0.306 e. The van der Waals surface area contributed by atoms with Gasteiger partial charge in [-0.15, -0.1) is 0 Å². The Morgan fingerprint density at radius 2 is 2.08 bits per heavy atom. The van der Waals surface area contributed by atoms with E-state index in [9.17, 15) is 9.90 Å². The highest BCUT2D eigenvalue weighted by Crippen LogP contribution is 2.19. The van der Waals surface area contributed by atoms with Crippen LogP contribution in [0.15, 0.2) is 24.3 Å². The fraction of sp³-hybridized carbons (Fsp3) is 0.300. The molecule has 1 rings (SSSR count). The molecule has 2 N–H and O–H groups in total. The van der Waals surface area contributed by atoms with Crippen molar-refractivity contribution in [2.45, 2.75) is 19.4 Å². The molecular formula is C10H12O3. The average molecular weight is 180 g/mol. The average Bonchev–Trinajstić information content (AvgIpc) is 2.03. The summed E-state index contributed by atoms with van der Waals surface area (Å²) in [7, 11) is 0. The molecule has 1 aromatic carbocycles. The molecule has 0 aliphatic heterocycles. The van der Waals surface area contributed by atoms with Gasteiger partial charge >= 0.3 is 5.97 Å². The van der Waals surface area contributed by atoms with Gasteiger partial charge in [0.1, 0.15) is 0 Å². The first-order valence-electron chi connectivity index (χ1n) is 4.06. The summed E-state index contributed by atoms with van der Waals surface area (Å²) in [6, 6.07) is 7.23. The molecule has 0 saturated heterocycles. The summed E-state index contributed by atoms with van der Waals surface area (Å²) in [5, 5.41) is 18.0. The fourth-order valence-electron chi connectivity index (χ4n) is 1.24. The van der Waals surface area contributed by atoms with E-state index in [2.05, 4.69) is 0 Å². The van der Waals surface area contributed by atoms with E-state index in [0.29, 0.717) is 5.56 Å². The molecule has 0 fully saturated rings. The second-order valence-corrected chi connectivity index (χ2v) is 2.97. The maximum Gasteiger partial charge on any atom is 0.306 e. The number of carbonyl (C=O) groups is 1. The number of hydrogen-bond donors (Lipinski definition) is 2. The Kier molecular flexibility index (Phi) is 3.03. The van der Waals surface area contributed by atoms with E-state index in [-0.39, 0.29) is 6.42 Å². The van der Waals surface area contributed by atoms with Gasteiger partial charge in [-0.2, -0.15) is 0 Å². The summed E-state index contributed by atoms with van der Waals surface area (Å²) in [4.78, 5) is 10.3. The first-order valence-corrected chi connectivity index (χ1v) is 4.06. The van der Waals surface area contributed by atoms with E-state index in [4.69, 9.17) is 5.11 Å². The van der Waals surface area contributed by atoms with Crippen LogP contribution in [0.3, 0.4) is 0 Å². The maximum absolute atomic E-state index is 10.3. The van der Waals surface area contributed by atoms with Gasteiger partial charge in [0.05, 0.1) is 12.5 Å². The zero-order chi connectivity index (χ0) is 9.84. The van der Waals surface area contributed by atoms with Crippen molar-refractivity contribution in [2.75, 3.05) is 0 Å². The van der Waals surface area contributed by atoms with Crippen LogP contribution in [-0.2, 0) is 4.79 Å². The van der Waals surface area contributed by atoms with Crippen molar-refractivity contribution in [2.24, 2.45) is 0 Å². The number of carboxylic acid groups (broad SMARTS) is 1. The monoisotopic (exact) mass is 180 g/mol. The third-order valence-electron chi connectivity index (χ3n) is 1.92. The number of aliphatic carboxylic acids is 1. The van der Waals surface area contributed by atoms with Crippen molar-refractivity contribution in [1.29, 1.82) is 0 Å². The molecule has 0 radical (unpaired) electrons. The molecular weight excluding hydrogens is 168 g/mol. The highest BCUT2D eigenvalue weighted by molar-refractivity contribution is 5.67. The predicted molar refractivity (Wildman–Crippen MR) is 48.4 cm³/mol. The standard InChI is InChI=1S/C10H12O3/c1-7-4-2-3-5-8(7)9(11)6-10(12)13/h2-5,9,11H,6H2,1H3,(H,12,13)/t9-/m0/s1. The Hall–Kier alpha value is -1.35. The molecule has 0 amide bonds. The summed E-state index contributed by atoms with van der Waals surface area (Å²) in [6.07, 6.45) is -1.15. The van der Waals surface area contributed by atoms with Gasteiger partial charge in [0, 0.05) is 0 Å². The van der Waals surface area contributed by atoms with Gasteiger partial charge in [-0.05, 0) is 18.1 Å². The van der Waals surface area contributed by atoms with E-state index in [1.165, 1.54) is 0 Å². The minimum Gasteiger partial charge on any atom is -0.481 e. The van der Waals surface area contributed by atoms with Gasteiger partial charge in [-0.1, -0.05) is 24.3 Å². The van der Waals surface area contributed by atoms with Gasteiger partial charge in [0.2, 0.25) is 0 Å². The lowest BCUT2D eigenvalue weighted by molar-refractivity contribution is -0.139. The Bertz CT molecular complexity index is 307. The van der Waals surface area contributed by atoms with Gasteiger partial charge in [0.25, 0.3) is 0 Å². The Labute approximate surface area is 76.6 Å². The predicted octanol–water partition coefficient (Wildman–Crippen LogP) is 1.50. The van der Waals surface area contributed by atoms with Crippen LogP contribution in [0.5, 0.6) is 0 Å². The topological polar surface area (TPSA) is 57.5 Å². The number of aryl methyl sites for hydroxylation is 1. The molecule has 0 saturated carbocycles. The molecule has 0 bridgehead atoms. The van der Waals surface area contributed by atoms with Crippen molar-refractivity contribution in [1.82, 2.24) is 0 Å². The maximum atomic E-state index is 10.3. The molecule has 0 spiro atoms. The number of aliphatic hydroxyl groups is 1. The summed E-state index contributed by atoms with van der Waals surface area (Å²) >= 11 is 0. The number of benzene rings is 1. The van der Waals surface area contributed by atoms with Crippen molar-refractivity contribution in [3.8, 4) is 0 Å². The molecule has 1 atom stereocenters. The molecule has 0 aliphatic carbocycles. The van der Waals surface area contributed by atoms with Crippen LogP contribution in [0, 0.1) is 6.92 Å². The molecule has 0 aromatic heterocycles. The van der Waals surface area contributed by atoms with E-state index >= 15 is 0 Å². The number of carboxylic acids is 1. The fourth-order valence-corrected chi connectivity index (χ4v) is 1.24. The zero-order valence-corrected chi connectivity index (χ0v) is 7.40. The van der Waals surface area contributed by atoms with Gasteiger partial charge in [-0.3, -0.25) is 4.79 Å². The first-order chi connectivity index (χ1) is 6.11. The Balaban J connectivity index is 2.82. The molecule has 3 heteroatoms. The highest BCUT2D eigenvalue weighted by atomic mass is 16.4. The molecule has 13 heavy (non-hydrogen) atoms. The molecule has 70 valence electrons. The quantitative estimate of drug-likeness (QED) is 0.741. The van der Waals surface area contributed by atoms with Gasteiger partial charge in [0.15, 0.2) is 0 Å². The Morgan fingerprint density at radius 3 is 2.62 bits per heavy atom. The largest absolute Gasteiger partial charge is 0.481 e. The third-order valence-corrected chi connectivity index (χ3v) is 1.92. The summed E-state index contributed by atoms with van der Waals surface area (Å²) in [6.45, 7) is 1.85. The summed E-state index contributed by atoms with van der Waals surface area (Å²) in [5.74, 6) is -0.990. The van der Waals surface area contributed by atoms with Crippen molar-refractivity contribution in [3.63, 3.8) is 0 Å². The number of rotatable bonds is 3. The van der Waals surface area contributed by atoms with Crippen molar-refractivity contribution < 1.29 is 15.0 Å². The SMILES string of the molecule is Cc1ccccc1[C@@H](O)CC(=O)O. The van der Waals surface area contributed by atoms with E-state index < -0.39 is 12.1 Å². The zero-order valence-electron chi connectivity index (χ0n) is 7.40. The van der Waals surface area contributed by atoms with E-state index in [1.807, 2.05) is 19.1 Å². The minimum absolute atomic E-state index is 0.245. The minimum atomic E-state index is -0.990. The van der Waals surface area contributed by atoms with Gasteiger partial charge in [-0.25, -0.2) is 0 Å². The lowest BCUT2D eigenvalue weighted by Gasteiger charge is -2.10. The number of aliphatic hydroxyl groups excluding tert-OH is 1. The summed E-state index contributed by atoms with van der Waals surface area (Å²) in [5.41, 5.74) is 1.60. The van der Waals surface area contributed by atoms with Crippen LogP contribution in [0.4, 0.5) is 0 Å². The highest BCUT2D eigenvalue weighted by Gasteiger charge is 2.13. The van der Waals surface area contributed by atoms with Crippen molar-refractivity contribution >= 4 is 5.97 Å². The second kappa shape index (κ2) is 4.05. The third kappa shape index (κ3) is 2.56. The molecule has 0 unspecified atom stereocenters. The van der Waals surface area contributed by atoms with Crippen LogP contribution >= 0.6 is 0 Å². The van der Waals surface area contributed by atoms with E-state index in [1.54, 1.807) is 12.1 Å². The lowest BCUT2D eigenvalue weighted by Crippen LogP contribution is -2.06. The Morgan fingerprint density at radius 1 is 1.46 bits per heavy atom.